The largest absolute Gasteiger partial charge is 0.496 e. The predicted octanol–water partition coefficient (Wildman–Crippen LogP) is 3.41. The van der Waals surface area contributed by atoms with E-state index in [1.807, 2.05) is 35.1 Å². The quantitative estimate of drug-likeness (QED) is 0.456. The molecule has 0 aliphatic carbocycles. The molecule has 152 valence electrons. The fourth-order valence-electron chi connectivity index (χ4n) is 3.29. The zero-order chi connectivity index (χ0) is 20.5. The van der Waals surface area contributed by atoms with Crippen LogP contribution in [0.4, 0.5) is 0 Å². The third kappa shape index (κ3) is 5.60. The van der Waals surface area contributed by atoms with Gasteiger partial charge in [0.25, 0.3) is 0 Å². The Morgan fingerprint density at radius 2 is 1.83 bits per heavy atom. The molecule has 0 spiro atoms. The van der Waals surface area contributed by atoms with Crippen molar-refractivity contribution in [1.82, 2.24) is 20.4 Å². The first-order chi connectivity index (χ1) is 14.2. The normalized spacial score (nSPS) is 12.4. The Labute approximate surface area is 172 Å². The number of rotatable bonds is 8. The van der Waals surface area contributed by atoms with Crippen LogP contribution in [0.25, 0.3) is 0 Å². The van der Waals surface area contributed by atoms with Crippen molar-refractivity contribution in [3.63, 3.8) is 0 Å². The molecule has 0 bridgehead atoms. The van der Waals surface area contributed by atoms with E-state index in [9.17, 15) is 0 Å². The van der Waals surface area contributed by atoms with Crippen molar-refractivity contribution in [1.29, 1.82) is 0 Å². The van der Waals surface area contributed by atoms with E-state index in [0.717, 1.165) is 24.8 Å². The average Bonchev–Trinajstić information content (AvgIpc) is 3.27. The van der Waals surface area contributed by atoms with Gasteiger partial charge in [0.15, 0.2) is 5.96 Å². The second-order valence-electron chi connectivity index (χ2n) is 6.92. The van der Waals surface area contributed by atoms with Gasteiger partial charge in [-0.3, -0.25) is 9.67 Å². The number of para-hydroxylation sites is 1. The van der Waals surface area contributed by atoms with Gasteiger partial charge in [0.1, 0.15) is 5.75 Å². The van der Waals surface area contributed by atoms with Crippen molar-refractivity contribution >= 4 is 5.96 Å². The fourth-order valence-corrected chi connectivity index (χ4v) is 3.29. The highest BCUT2D eigenvalue weighted by molar-refractivity contribution is 5.79. The van der Waals surface area contributed by atoms with Crippen molar-refractivity contribution in [2.24, 2.45) is 4.99 Å². The molecule has 1 heterocycles. The summed E-state index contributed by atoms with van der Waals surface area (Å²) in [5, 5.41) is 11.1. The minimum absolute atomic E-state index is 0.289. The molecule has 0 saturated carbocycles. The number of nitrogens with one attached hydrogen (secondary N) is 2. The Morgan fingerprint density at radius 1 is 1.07 bits per heavy atom. The van der Waals surface area contributed by atoms with E-state index >= 15 is 0 Å². The number of aliphatic imine (C=N–C) groups is 1. The minimum Gasteiger partial charge on any atom is -0.496 e. The summed E-state index contributed by atoms with van der Waals surface area (Å²) in [6, 6.07) is 18.5. The monoisotopic (exact) mass is 391 g/mol. The lowest BCUT2D eigenvalue weighted by atomic mass is 10.0. The average molecular weight is 392 g/mol. The van der Waals surface area contributed by atoms with E-state index < -0.39 is 0 Å². The summed E-state index contributed by atoms with van der Waals surface area (Å²) in [6.07, 6.45) is 3.78. The van der Waals surface area contributed by atoms with Gasteiger partial charge in [-0.2, -0.15) is 5.10 Å². The zero-order valence-corrected chi connectivity index (χ0v) is 17.3. The van der Waals surface area contributed by atoms with Crippen molar-refractivity contribution in [2.75, 3.05) is 20.7 Å². The van der Waals surface area contributed by atoms with Gasteiger partial charge in [0.2, 0.25) is 0 Å². The number of benzene rings is 2. The number of aromatic nitrogens is 2. The summed E-state index contributed by atoms with van der Waals surface area (Å²) in [7, 11) is 3.50. The van der Waals surface area contributed by atoms with Crippen LogP contribution < -0.4 is 15.4 Å². The van der Waals surface area contributed by atoms with Crippen LogP contribution in [0.1, 0.15) is 29.5 Å². The van der Waals surface area contributed by atoms with Gasteiger partial charge in [0.05, 0.1) is 13.7 Å². The number of ether oxygens (including phenoxy) is 1. The maximum Gasteiger partial charge on any atom is 0.191 e. The molecule has 3 aromatic rings. The standard InChI is InChI=1S/C23H29N5O/c1-18(21-11-6-7-12-22(21)29-3)15-25-23(24-2)26-16-19-9-4-5-10-20(19)17-28-14-8-13-27-28/h4-14,18H,15-17H2,1-3H3,(H2,24,25,26). The van der Waals surface area contributed by atoms with Gasteiger partial charge in [-0.15, -0.1) is 0 Å². The first kappa shape index (κ1) is 20.5. The Bertz CT molecular complexity index is 921. The molecule has 0 fully saturated rings. The summed E-state index contributed by atoms with van der Waals surface area (Å²) < 4.78 is 7.41. The summed E-state index contributed by atoms with van der Waals surface area (Å²) >= 11 is 0. The van der Waals surface area contributed by atoms with Crippen molar-refractivity contribution in [3.8, 4) is 5.75 Å². The highest BCUT2D eigenvalue weighted by atomic mass is 16.5. The van der Waals surface area contributed by atoms with Crippen LogP contribution in [0.15, 0.2) is 72.0 Å². The molecule has 6 nitrogen and oxygen atoms in total. The third-order valence-electron chi connectivity index (χ3n) is 4.93. The van der Waals surface area contributed by atoms with E-state index in [-0.39, 0.29) is 5.92 Å². The minimum atomic E-state index is 0.289. The van der Waals surface area contributed by atoms with Gasteiger partial charge in [0, 0.05) is 38.4 Å². The van der Waals surface area contributed by atoms with E-state index in [4.69, 9.17) is 4.74 Å². The Kier molecular flexibility index (Phi) is 7.28. The van der Waals surface area contributed by atoms with Crippen molar-refractivity contribution in [3.05, 3.63) is 83.7 Å². The number of hydrogen-bond donors (Lipinski definition) is 2. The smallest absolute Gasteiger partial charge is 0.191 e. The lowest BCUT2D eigenvalue weighted by Crippen LogP contribution is -2.38. The summed E-state index contributed by atoms with van der Waals surface area (Å²) in [4.78, 5) is 4.36. The van der Waals surface area contributed by atoms with Crippen LogP contribution in [0.5, 0.6) is 5.75 Å². The molecule has 0 aliphatic rings. The molecule has 2 N–H and O–H groups in total. The summed E-state index contributed by atoms with van der Waals surface area (Å²) in [5.41, 5.74) is 3.65. The van der Waals surface area contributed by atoms with Crippen LogP contribution in [-0.4, -0.2) is 36.4 Å². The van der Waals surface area contributed by atoms with Gasteiger partial charge >= 0.3 is 0 Å². The van der Waals surface area contributed by atoms with Crippen LogP contribution in [0, 0.1) is 0 Å². The lowest BCUT2D eigenvalue weighted by molar-refractivity contribution is 0.406. The van der Waals surface area contributed by atoms with Gasteiger partial charge in [-0.1, -0.05) is 49.4 Å². The van der Waals surface area contributed by atoms with E-state index in [1.165, 1.54) is 16.7 Å². The van der Waals surface area contributed by atoms with Gasteiger partial charge in [-0.25, -0.2) is 0 Å². The van der Waals surface area contributed by atoms with E-state index in [2.05, 4.69) is 58.0 Å². The van der Waals surface area contributed by atoms with E-state index in [0.29, 0.717) is 6.54 Å². The molecule has 3 rings (SSSR count). The molecule has 0 amide bonds. The second kappa shape index (κ2) is 10.3. The molecule has 1 atom stereocenters. The number of hydrogen-bond acceptors (Lipinski definition) is 3. The first-order valence-corrected chi connectivity index (χ1v) is 9.83. The lowest BCUT2D eigenvalue weighted by Gasteiger charge is -2.19. The highest BCUT2D eigenvalue weighted by Gasteiger charge is 2.12. The summed E-state index contributed by atoms with van der Waals surface area (Å²) in [5.74, 6) is 1.98. The fraction of sp³-hybridized carbons (Fsp3) is 0.304. The van der Waals surface area contributed by atoms with Crippen molar-refractivity contribution < 1.29 is 4.74 Å². The highest BCUT2D eigenvalue weighted by Crippen LogP contribution is 2.25. The Morgan fingerprint density at radius 3 is 2.55 bits per heavy atom. The zero-order valence-electron chi connectivity index (χ0n) is 17.3. The number of methoxy groups -OCH3 is 1. The second-order valence-corrected chi connectivity index (χ2v) is 6.92. The van der Waals surface area contributed by atoms with Crippen LogP contribution >= 0.6 is 0 Å². The van der Waals surface area contributed by atoms with Gasteiger partial charge < -0.3 is 15.4 Å². The third-order valence-corrected chi connectivity index (χ3v) is 4.93. The molecule has 6 heteroatoms. The molecule has 1 aromatic heterocycles. The van der Waals surface area contributed by atoms with Crippen LogP contribution in [-0.2, 0) is 13.1 Å². The van der Waals surface area contributed by atoms with Crippen LogP contribution in [0.2, 0.25) is 0 Å². The molecule has 0 radical (unpaired) electrons. The maximum absolute atomic E-state index is 5.48. The molecule has 0 aliphatic heterocycles. The molecule has 2 aromatic carbocycles. The van der Waals surface area contributed by atoms with Gasteiger partial charge in [-0.05, 0) is 28.8 Å². The molecule has 29 heavy (non-hydrogen) atoms. The Balaban J connectivity index is 1.57. The summed E-state index contributed by atoms with van der Waals surface area (Å²) in [6.45, 7) is 4.38. The topological polar surface area (TPSA) is 63.5 Å². The number of nitrogens with zero attached hydrogens (tertiary/aromatic N) is 3. The SMILES string of the molecule is CN=C(NCc1ccccc1Cn1cccn1)NCC(C)c1ccccc1OC. The number of guanidine groups is 1. The molecular formula is C23H29N5O. The van der Waals surface area contributed by atoms with Crippen molar-refractivity contribution in [2.45, 2.75) is 25.9 Å². The maximum atomic E-state index is 5.48. The first-order valence-electron chi connectivity index (χ1n) is 9.83. The molecule has 1 unspecified atom stereocenters. The Hall–Kier alpha value is -3.28. The predicted molar refractivity (Wildman–Crippen MR) is 117 cm³/mol. The molecular weight excluding hydrogens is 362 g/mol. The van der Waals surface area contributed by atoms with Crippen LogP contribution in [0.3, 0.4) is 0 Å². The van der Waals surface area contributed by atoms with E-state index in [1.54, 1.807) is 20.4 Å². The molecule has 0 saturated heterocycles.